The molecule has 0 N–H and O–H groups in total. The first-order valence-corrected chi connectivity index (χ1v) is 5.27. The fourth-order valence-electron chi connectivity index (χ4n) is 1.47. The first kappa shape index (κ1) is 10.8. The lowest BCUT2D eigenvalue weighted by molar-refractivity contribution is 0.101. The Morgan fingerprint density at radius 3 is 2.62 bits per heavy atom. The van der Waals surface area contributed by atoms with E-state index in [9.17, 15) is 4.79 Å². The number of benzene rings is 1. The minimum atomic E-state index is -0.0381. The molecule has 1 aromatic heterocycles. The maximum absolute atomic E-state index is 11.2. The molecule has 2 rings (SSSR count). The van der Waals surface area contributed by atoms with Crippen molar-refractivity contribution in [2.45, 2.75) is 6.92 Å². The maximum Gasteiger partial charge on any atom is 0.178 e. The first-order chi connectivity index (χ1) is 7.66. The van der Waals surface area contributed by atoms with Crippen LogP contribution < -0.4 is 0 Å². The molecule has 1 heterocycles. The van der Waals surface area contributed by atoms with E-state index < -0.39 is 0 Å². The number of halogens is 1. The van der Waals surface area contributed by atoms with Crippen LogP contribution in [0.1, 0.15) is 17.4 Å². The number of carbonyl (C=O) groups is 1. The number of hydrogen-bond acceptors (Lipinski definition) is 2. The summed E-state index contributed by atoms with van der Waals surface area (Å²) in [6, 6.07) is 11.1. The summed E-state index contributed by atoms with van der Waals surface area (Å²) in [4.78, 5) is 15.2. The highest BCUT2D eigenvalue weighted by molar-refractivity contribution is 6.30. The van der Waals surface area contributed by atoms with E-state index in [1.54, 1.807) is 12.3 Å². The van der Waals surface area contributed by atoms with Gasteiger partial charge in [-0.1, -0.05) is 23.7 Å². The largest absolute Gasteiger partial charge is 0.293 e. The molecule has 0 saturated heterocycles. The van der Waals surface area contributed by atoms with E-state index in [-0.39, 0.29) is 5.78 Å². The Kier molecular flexibility index (Phi) is 3.02. The van der Waals surface area contributed by atoms with E-state index in [0.717, 1.165) is 11.1 Å². The lowest BCUT2D eigenvalue weighted by Gasteiger charge is -2.03. The van der Waals surface area contributed by atoms with Gasteiger partial charge < -0.3 is 0 Å². The quantitative estimate of drug-likeness (QED) is 0.739. The lowest BCUT2D eigenvalue weighted by atomic mass is 10.1. The van der Waals surface area contributed by atoms with Crippen LogP contribution >= 0.6 is 11.6 Å². The SMILES string of the molecule is CC(=O)c1cc(-c2cccc(Cl)c2)ccn1. The van der Waals surface area contributed by atoms with Crippen molar-refractivity contribution in [3.05, 3.63) is 53.3 Å². The van der Waals surface area contributed by atoms with Gasteiger partial charge in [0.1, 0.15) is 5.69 Å². The van der Waals surface area contributed by atoms with Crippen LogP contribution in [0, 0.1) is 0 Å². The average Bonchev–Trinajstić information content (AvgIpc) is 2.29. The van der Waals surface area contributed by atoms with Crippen LogP contribution in [0.25, 0.3) is 11.1 Å². The summed E-state index contributed by atoms with van der Waals surface area (Å²) >= 11 is 5.91. The van der Waals surface area contributed by atoms with Crippen LogP contribution in [-0.2, 0) is 0 Å². The number of hydrogen-bond donors (Lipinski definition) is 0. The second-order valence-electron chi connectivity index (χ2n) is 3.50. The highest BCUT2D eigenvalue weighted by Gasteiger charge is 2.04. The fourth-order valence-corrected chi connectivity index (χ4v) is 1.66. The molecule has 0 aliphatic rings. The highest BCUT2D eigenvalue weighted by atomic mass is 35.5. The van der Waals surface area contributed by atoms with Gasteiger partial charge in [0.15, 0.2) is 5.78 Å². The summed E-state index contributed by atoms with van der Waals surface area (Å²) in [6.07, 6.45) is 1.63. The molecule has 3 heteroatoms. The smallest absolute Gasteiger partial charge is 0.178 e. The zero-order valence-corrected chi connectivity index (χ0v) is 9.53. The number of rotatable bonds is 2. The Bertz CT molecular complexity index is 537. The molecular formula is C13H10ClNO. The summed E-state index contributed by atoms with van der Waals surface area (Å²) in [7, 11) is 0. The minimum Gasteiger partial charge on any atom is -0.293 e. The van der Waals surface area contributed by atoms with E-state index >= 15 is 0 Å². The van der Waals surface area contributed by atoms with Gasteiger partial charge in [-0.05, 0) is 35.4 Å². The standard InChI is InChI=1S/C13H10ClNO/c1-9(16)13-8-11(5-6-15-13)10-3-2-4-12(14)7-10/h2-8H,1H3. The average molecular weight is 232 g/mol. The van der Waals surface area contributed by atoms with Gasteiger partial charge in [-0.3, -0.25) is 9.78 Å². The number of Topliss-reactive ketones (excluding diaryl/α,β-unsaturated/α-hetero) is 1. The predicted octanol–water partition coefficient (Wildman–Crippen LogP) is 3.60. The summed E-state index contributed by atoms with van der Waals surface area (Å²) in [5.41, 5.74) is 2.40. The monoisotopic (exact) mass is 231 g/mol. The minimum absolute atomic E-state index is 0.0381. The molecule has 2 aromatic rings. The Hall–Kier alpha value is -1.67. The van der Waals surface area contributed by atoms with Gasteiger partial charge >= 0.3 is 0 Å². The van der Waals surface area contributed by atoms with Gasteiger partial charge in [0.2, 0.25) is 0 Å². The van der Waals surface area contributed by atoms with Gasteiger partial charge in [-0.15, -0.1) is 0 Å². The Morgan fingerprint density at radius 2 is 1.94 bits per heavy atom. The normalized spacial score (nSPS) is 10.1. The van der Waals surface area contributed by atoms with Crippen molar-refractivity contribution < 1.29 is 4.79 Å². The zero-order chi connectivity index (χ0) is 11.5. The van der Waals surface area contributed by atoms with Crippen molar-refractivity contribution in [1.82, 2.24) is 4.98 Å². The van der Waals surface area contributed by atoms with E-state index in [4.69, 9.17) is 11.6 Å². The molecule has 0 radical (unpaired) electrons. The summed E-state index contributed by atoms with van der Waals surface area (Å²) in [5.74, 6) is -0.0381. The number of carbonyl (C=O) groups excluding carboxylic acids is 1. The van der Waals surface area contributed by atoms with Gasteiger partial charge in [0.25, 0.3) is 0 Å². The van der Waals surface area contributed by atoms with E-state index in [1.165, 1.54) is 6.92 Å². The van der Waals surface area contributed by atoms with Crippen molar-refractivity contribution in [3.8, 4) is 11.1 Å². The first-order valence-electron chi connectivity index (χ1n) is 4.90. The third-order valence-corrected chi connectivity index (χ3v) is 2.51. The van der Waals surface area contributed by atoms with Gasteiger partial charge in [-0.25, -0.2) is 0 Å². The molecule has 80 valence electrons. The van der Waals surface area contributed by atoms with E-state index in [0.29, 0.717) is 10.7 Å². The maximum atomic E-state index is 11.2. The second kappa shape index (κ2) is 4.45. The van der Waals surface area contributed by atoms with Crippen LogP contribution in [0.3, 0.4) is 0 Å². The van der Waals surface area contributed by atoms with Crippen LogP contribution in [0.15, 0.2) is 42.6 Å². The van der Waals surface area contributed by atoms with Crippen LogP contribution in [-0.4, -0.2) is 10.8 Å². The molecule has 0 fully saturated rings. The molecule has 0 atom stereocenters. The Balaban J connectivity index is 2.48. The number of ketones is 1. The fraction of sp³-hybridized carbons (Fsp3) is 0.0769. The summed E-state index contributed by atoms with van der Waals surface area (Å²) in [5, 5.41) is 0.679. The third kappa shape index (κ3) is 2.28. The van der Waals surface area contributed by atoms with Crippen molar-refractivity contribution in [2.24, 2.45) is 0 Å². The molecule has 0 aliphatic heterocycles. The molecular weight excluding hydrogens is 222 g/mol. The molecule has 0 saturated carbocycles. The van der Waals surface area contributed by atoms with Gasteiger partial charge in [0.05, 0.1) is 0 Å². The highest BCUT2D eigenvalue weighted by Crippen LogP contribution is 2.22. The second-order valence-corrected chi connectivity index (χ2v) is 3.93. The molecule has 0 amide bonds. The van der Waals surface area contributed by atoms with E-state index in [2.05, 4.69) is 4.98 Å². The van der Waals surface area contributed by atoms with Crippen LogP contribution in [0.5, 0.6) is 0 Å². The molecule has 0 bridgehead atoms. The van der Waals surface area contributed by atoms with Crippen molar-refractivity contribution in [3.63, 3.8) is 0 Å². The molecule has 1 aromatic carbocycles. The number of pyridine rings is 1. The summed E-state index contributed by atoms with van der Waals surface area (Å²) < 4.78 is 0. The number of aromatic nitrogens is 1. The molecule has 2 nitrogen and oxygen atoms in total. The predicted molar refractivity (Wildman–Crippen MR) is 64.7 cm³/mol. The number of nitrogens with zero attached hydrogens (tertiary/aromatic N) is 1. The van der Waals surface area contributed by atoms with Gasteiger partial charge in [-0.2, -0.15) is 0 Å². The van der Waals surface area contributed by atoms with Crippen LogP contribution in [0.2, 0.25) is 5.02 Å². The molecule has 16 heavy (non-hydrogen) atoms. The van der Waals surface area contributed by atoms with Gasteiger partial charge in [0, 0.05) is 18.1 Å². The lowest BCUT2D eigenvalue weighted by Crippen LogP contribution is -1.95. The van der Waals surface area contributed by atoms with Crippen molar-refractivity contribution >= 4 is 17.4 Å². The molecule has 0 aliphatic carbocycles. The zero-order valence-electron chi connectivity index (χ0n) is 8.77. The van der Waals surface area contributed by atoms with Crippen molar-refractivity contribution in [2.75, 3.05) is 0 Å². The topological polar surface area (TPSA) is 30.0 Å². The Morgan fingerprint density at radius 1 is 1.19 bits per heavy atom. The van der Waals surface area contributed by atoms with E-state index in [1.807, 2.05) is 30.3 Å². The third-order valence-electron chi connectivity index (χ3n) is 2.28. The van der Waals surface area contributed by atoms with Crippen LogP contribution in [0.4, 0.5) is 0 Å². The molecule has 0 unspecified atom stereocenters. The Labute approximate surface area is 98.9 Å². The molecule has 0 spiro atoms. The summed E-state index contributed by atoms with van der Waals surface area (Å²) in [6.45, 7) is 1.50. The van der Waals surface area contributed by atoms with Crippen molar-refractivity contribution in [1.29, 1.82) is 0 Å².